The van der Waals surface area contributed by atoms with Crippen LogP contribution in [0, 0.1) is 0 Å². The van der Waals surface area contributed by atoms with Crippen LogP contribution in [0.25, 0.3) is 16.6 Å². The highest BCUT2D eigenvalue weighted by Gasteiger charge is 2.40. The van der Waals surface area contributed by atoms with Crippen LogP contribution in [-0.2, 0) is 30.8 Å². The molecule has 1 fully saturated rings. The van der Waals surface area contributed by atoms with Crippen LogP contribution in [0.15, 0.2) is 73.1 Å². The van der Waals surface area contributed by atoms with Gasteiger partial charge in [-0.15, -0.1) is 5.10 Å². The number of fused-ring (bicyclic) bond motifs is 1. The first-order valence-electron chi connectivity index (χ1n) is 15.5. The summed E-state index contributed by atoms with van der Waals surface area (Å²) in [7, 11) is -3.79. The van der Waals surface area contributed by atoms with Crippen molar-refractivity contribution in [3.05, 3.63) is 89.3 Å². The van der Waals surface area contributed by atoms with Gasteiger partial charge in [0.25, 0.3) is 0 Å². The Kier molecular flexibility index (Phi) is 9.89. The molecule has 0 bridgehead atoms. The van der Waals surface area contributed by atoms with Gasteiger partial charge in [-0.05, 0) is 77.5 Å². The Balaban J connectivity index is 1.27. The average Bonchev–Trinajstić information content (AvgIpc) is 3.80. The first kappa shape index (κ1) is 35.5. The number of nitrogens with zero attached hydrogens (tertiary/aromatic N) is 6. The molecule has 6 rings (SSSR count). The number of amides is 5. The summed E-state index contributed by atoms with van der Waals surface area (Å²) in [5, 5.41) is 26.5. The number of carboxylic acids is 1. The molecule has 2 aromatic heterocycles. The minimum atomic E-state index is -3.79. The SMILES string of the molecule is CCS(=O)(=O)NC(=O)Nc1ccc(C[C@@H](C(=O)Nc2ccc3[nH]c(C(=O)O)cc3c2)N2CCN(c3cc(Cl)ccc3-n3cnnn3)C(=O)C2=O)cc1. The lowest BCUT2D eigenvalue weighted by atomic mass is 10.0. The third-order valence-corrected chi connectivity index (χ3v) is 9.64. The number of piperazine rings is 1. The number of aromatic amines is 1. The van der Waals surface area contributed by atoms with E-state index in [1.165, 1.54) is 52.0 Å². The van der Waals surface area contributed by atoms with Gasteiger partial charge in [0.2, 0.25) is 15.9 Å². The van der Waals surface area contributed by atoms with Crippen molar-refractivity contribution in [1.82, 2.24) is 34.8 Å². The lowest BCUT2D eigenvalue weighted by molar-refractivity contribution is -0.149. The fraction of sp³-hybridized carbons (Fsp3) is 0.188. The van der Waals surface area contributed by atoms with Gasteiger partial charge in [0, 0.05) is 46.8 Å². The van der Waals surface area contributed by atoms with E-state index in [0.717, 1.165) is 0 Å². The Morgan fingerprint density at radius 2 is 1.69 bits per heavy atom. The summed E-state index contributed by atoms with van der Waals surface area (Å²) < 4.78 is 26.7. The van der Waals surface area contributed by atoms with Crippen LogP contribution in [0.1, 0.15) is 23.0 Å². The summed E-state index contributed by atoms with van der Waals surface area (Å²) in [5.74, 6) is -3.97. The van der Waals surface area contributed by atoms with Crippen molar-refractivity contribution in [3.8, 4) is 5.69 Å². The second-order valence-corrected chi connectivity index (χ2v) is 13.9. The molecule has 18 nitrogen and oxygen atoms in total. The molecule has 0 spiro atoms. The van der Waals surface area contributed by atoms with E-state index in [9.17, 15) is 37.5 Å². The van der Waals surface area contributed by atoms with Crippen LogP contribution in [0.2, 0.25) is 5.02 Å². The lowest BCUT2D eigenvalue weighted by Gasteiger charge is -2.38. The van der Waals surface area contributed by atoms with Crippen LogP contribution in [0.3, 0.4) is 0 Å². The van der Waals surface area contributed by atoms with Gasteiger partial charge in [-0.3, -0.25) is 14.4 Å². The third kappa shape index (κ3) is 7.69. The number of halogens is 1. The Bertz CT molecular complexity index is 2310. The first-order valence-corrected chi connectivity index (χ1v) is 17.6. The van der Waals surface area contributed by atoms with Crippen LogP contribution in [0.4, 0.5) is 21.9 Å². The number of nitrogens with one attached hydrogen (secondary N) is 4. The van der Waals surface area contributed by atoms with Crippen LogP contribution in [0.5, 0.6) is 0 Å². The molecule has 3 heterocycles. The van der Waals surface area contributed by atoms with Gasteiger partial charge in [0.1, 0.15) is 18.1 Å². The smallest absolute Gasteiger partial charge is 0.352 e. The number of H-pyrrole nitrogens is 1. The van der Waals surface area contributed by atoms with Crippen LogP contribution >= 0.6 is 11.6 Å². The number of hydrogen-bond donors (Lipinski definition) is 5. The predicted octanol–water partition coefficient (Wildman–Crippen LogP) is 2.39. The molecule has 0 radical (unpaired) electrons. The molecule has 3 aromatic carbocycles. The van der Waals surface area contributed by atoms with E-state index >= 15 is 0 Å². The van der Waals surface area contributed by atoms with Crippen molar-refractivity contribution < 1.29 is 37.5 Å². The summed E-state index contributed by atoms with van der Waals surface area (Å²) in [6.07, 6.45) is 1.26. The number of aromatic nitrogens is 5. The number of rotatable bonds is 11. The topological polar surface area (TPSA) is 242 Å². The maximum atomic E-state index is 14.0. The highest BCUT2D eigenvalue weighted by molar-refractivity contribution is 7.90. The van der Waals surface area contributed by atoms with Gasteiger partial charge in [-0.1, -0.05) is 23.7 Å². The minimum Gasteiger partial charge on any atom is -0.477 e. The van der Waals surface area contributed by atoms with E-state index in [1.54, 1.807) is 42.5 Å². The molecule has 5 amide bonds. The number of hydrogen-bond acceptors (Lipinski definition) is 10. The van der Waals surface area contributed by atoms with Gasteiger partial charge in [-0.25, -0.2) is 22.7 Å². The van der Waals surface area contributed by atoms with E-state index in [-0.39, 0.29) is 42.3 Å². The Morgan fingerprint density at radius 1 is 0.942 bits per heavy atom. The zero-order chi connectivity index (χ0) is 37.2. The van der Waals surface area contributed by atoms with Gasteiger partial charge in [-0.2, -0.15) is 4.68 Å². The molecule has 5 aromatic rings. The summed E-state index contributed by atoms with van der Waals surface area (Å²) in [4.78, 5) is 70.4. The highest BCUT2D eigenvalue weighted by atomic mass is 35.5. The van der Waals surface area contributed by atoms with Crippen molar-refractivity contribution in [3.63, 3.8) is 0 Å². The third-order valence-electron chi connectivity index (χ3n) is 8.14. The molecule has 0 unspecified atom stereocenters. The van der Waals surface area contributed by atoms with E-state index in [4.69, 9.17) is 11.6 Å². The number of urea groups is 1. The van der Waals surface area contributed by atoms with Gasteiger partial charge >= 0.3 is 23.8 Å². The molecule has 1 aliphatic heterocycles. The zero-order valence-corrected chi connectivity index (χ0v) is 28.7. The predicted molar refractivity (Wildman–Crippen MR) is 188 cm³/mol. The molecule has 20 heteroatoms. The quantitative estimate of drug-likeness (QED) is 0.123. The van der Waals surface area contributed by atoms with Crippen molar-refractivity contribution in [2.75, 3.05) is 34.4 Å². The molecular formula is C32H29ClN10O8S. The van der Waals surface area contributed by atoms with Crippen LogP contribution in [-0.4, -0.2) is 98.2 Å². The molecule has 1 saturated heterocycles. The van der Waals surface area contributed by atoms with Crippen molar-refractivity contribution in [2.45, 2.75) is 19.4 Å². The molecule has 52 heavy (non-hydrogen) atoms. The second kappa shape index (κ2) is 14.5. The Hall–Kier alpha value is -6.34. The van der Waals surface area contributed by atoms with E-state index in [0.29, 0.717) is 32.9 Å². The molecule has 0 saturated carbocycles. The van der Waals surface area contributed by atoms with Gasteiger partial charge in [0.15, 0.2) is 0 Å². The fourth-order valence-electron chi connectivity index (χ4n) is 5.57. The minimum absolute atomic E-state index is 0.0181. The second-order valence-electron chi connectivity index (χ2n) is 11.5. The van der Waals surface area contributed by atoms with Crippen molar-refractivity contribution in [2.24, 2.45) is 0 Å². The van der Waals surface area contributed by atoms with E-state index in [2.05, 4.69) is 31.1 Å². The Morgan fingerprint density at radius 3 is 2.38 bits per heavy atom. The normalized spacial score (nSPS) is 14.0. The molecule has 0 aliphatic carbocycles. The van der Waals surface area contributed by atoms with E-state index in [1.807, 2.05) is 4.72 Å². The van der Waals surface area contributed by atoms with E-state index < -0.39 is 45.8 Å². The summed E-state index contributed by atoms with van der Waals surface area (Å²) in [6.45, 7) is 1.30. The summed E-state index contributed by atoms with van der Waals surface area (Å²) in [5.41, 5.74) is 2.27. The molecule has 268 valence electrons. The van der Waals surface area contributed by atoms with Crippen LogP contribution < -0.4 is 20.3 Å². The Labute approximate surface area is 299 Å². The van der Waals surface area contributed by atoms with Gasteiger partial charge in [0.05, 0.1) is 17.1 Å². The number of tetrazole rings is 1. The first-order chi connectivity index (χ1) is 24.8. The summed E-state index contributed by atoms with van der Waals surface area (Å²) >= 11 is 6.26. The molecule has 1 atom stereocenters. The zero-order valence-electron chi connectivity index (χ0n) is 27.1. The fourth-order valence-corrected chi connectivity index (χ4v) is 6.21. The number of benzene rings is 3. The number of aromatic carboxylic acids is 1. The number of sulfonamides is 1. The maximum absolute atomic E-state index is 14.0. The monoisotopic (exact) mass is 748 g/mol. The lowest BCUT2D eigenvalue weighted by Crippen LogP contribution is -2.60. The molecular weight excluding hydrogens is 720 g/mol. The summed E-state index contributed by atoms with van der Waals surface area (Å²) in [6, 6.07) is 14.8. The number of carbonyl (C=O) groups excluding carboxylic acids is 4. The number of anilines is 3. The molecule has 5 N–H and O–H groups in total. The largest absolute Gasteiger partial charge is 0.477 e. The van der Waals surface area contributed by atoms with Gasteiger partial charge < -0.3 is 30.5 Å². The number of carbonyl (C=O) groups is 5. The highest BCUT2D eigenvalue weighted by Crippen LogP contribution is 2.30. The number of carboxylic acid groups (broad SMARTS) is 1. The standard InChI is InChI=1S/C32H29ClN10O8S/c1-2-52(50,51)38-32(49)36-21-6-3-18(4-7-21)13-27(28(44)35-22-8-9-23-19(14-22)15-24(37-23)31(47)48)42-12-11-41(29(45)30(42)46)26-16-20(33)5-10-25(26)43-17-34-39-40-43/h3-10,14-17,27,37H,2,11-13H2,1H3,(H,35,44)(H,47,48)(H2,36,38,49)/t27-/m0/s1. The van der Waals surface area contributed by atoms with Crippen molar-refractivity contribution in [1.29, 1.82) is 0 Å². The molecule has 1 aliphatic rings. The average molecular weight is 749 g/mol. The maximum Gasteiger partial charge on any atom is 0.352 e. The van der Waals surface area contributed by atoms with Crippen molar-refractivity contribution >= 4 is 79.3 Å².